The van der Waals surface area contributed by atoms with E-state index in [1.54, 1.807) is 0 Å². The first-order chi connectivity index (χ1) is 7.66. The lowest BCUT2D eigenvalue weighted by molar-refractivity contribution is 1.07. The van der Waals surface area contributed by atoms with Gasteiger partial charge in [0.25, 0.3) is 0 Å². The summed E-state index contributed by atoms with van der Waals surface area (Å²) >= 11 is 0. The van der Waals surface area contributed by atoms with E-state index < -0.39 is 0 Å². The third-order valence-corrected chi connectivity index (χ3v) is 2.43. The Morgan fingerprint density at radius 1 is 1.38 bits per heavy atom. The molecule has 2 N–H and O–H groups in total. The maximum atomic E-state index is 5.92. The van der Waals surface area contributed by atoms with Crippen molar-refractivity contribution < 1.29 is 0 Å². The molecule has 0 radical (unpaired) electrons. The number of nitrogens with zero attached hydrogens (tertiary/aromatic N) is 2. The molecular formula is C13H15N3. The maximum absolute atomic E-state index is 5.92. The first-order valence-corrected chi connectivity index (χ1v) is 5.26. The van der Waals surface area contributed by atoms with Gasteiger partial charge in [0, 0.05) is 18.4 Å². The number of aromatic nitrogens is 1. The molecule has 1 aromatic rings. The number of nitrogens with two attached hydrogens (primary N) is 1. The first kappa shape index (κ1) is 10.5. The molecule has 0 bridgehead atoms. The minimum absolute atomic E-state index is 0.569. The van der Waals surface area contributed by atoms with Gasteiger partial charge in [0.1, 0.15) is 5.82 Å². The predicted octanol–water partition coefficient (Wildman–Crippen LogP) is 2.41. The predicted molar refractivity (Wildman–Crippen MR) is 67.1 cm³/mol. The smallest absolute Gasteiger partial charge is 0.147 e. The molecule has 0 aromatic carbocycles. The highest BCUT2D eigenvalue weighted by Crippen LogP contribution is 2.23. The van der Waals surface area contributed by atoms with Crippen molar-refractivity contribution in [3.8, 4) is 0 Å². The van der Waals surface area contributed by atoms with Crippen molar-refractivity contribution >= 4 is 11.5 Å². The Kier molecular flexibility index (Phi) is 2.80. The average Bonchev–Trinajstić information content (AvgIpc) is 2.43. The average molecular weight is 213 g/mol. The summed E-state index contributed by atoms with van der Waals surface area (Å²) in [6.07, 6.45) is 5.99. The molecule has 0 saturated heterocycles. The number of hydrogen-bond donors (Lipinski definition) is 1. The number of allylic oxidation sites excluding steroid dienone is 1. The van der Waals surface area contributed by atoms with E-state index in [1.165, 1.54) is 0 Å². The second kappa shape index (κ2) is 4.25. The van der Waals surface area contributed by atoms with E-state index in [4.69, 9.17) is 5.73 Å². The molecule has 0 unspecified atom stereocenters. The summed E-state index contributed by atoms with van der Waals surface area (Å²) in [6.45, 7) is 4.74. The van der Waals surface area contributed by atoms with Gasteiger partial charge < -0.3 is 10.6 Å². The van der Waals surface area contributed by atoms with Gasteiger partial charge in [-0.15, -0.1) is 5.73 Å². The largest absolute Gasteiger partial charge is 0.382 e. The monoisotopic (exact) mass is 213 g/mol. The molecule has 0 aliphatic carbocycles. The zero-order valence-corrected chi connectivity index (χ0v) is 9.57. The summed E-state index contributed by atoms with van der Waals surface area (Å²) in [5.74, 6) is 0.569. The highest BCUT2D eigenvalue weighted by atomic mass is 15.1. The van der Waals surface area contributed by atoms with Gasteiger partial charge in [-0.2, -0.15) is 0 Å². The molecule has 0 spiro atoms. The van der Waals surface area contributed by atoms with Gasteiger partial charge in [-0.3, -0.25) is 0 Å². The van der Waals surface area contributed by atoms with Crippen LogP contribution in [-0.2, 0) is 0 Å². The lowest BCUT2D eigenvalue weighted by Crippen LogP contribution is -2.18. The van der Waals surface area contributed by atoms with E-state index in [0.29, 0.717) is 5.82 Å². The Balaban J connectivity index is 2.38. The lowest BCUT2D eigenvalue weighted by atomic mass is 10.3. The maximum Gasteiger partial charge on any atom is 0.147 e. The summed E-state index contributed by atoms with van der Waals surface area (Å²) in [4.78, 5) is 6.34. The van der Waals surface area contributed by atoms with Crippen molar-refractivity contribution in [2.75, 3.05) is 17.2 Å². The van der Waals surface area contributed by atoms with Crippen molar-refractivity contribution in [1.29, 1.82) is 0 Å². The van der Waals surface area contributed by atoms with Crippen LogP contribution < -0.4 is 10.6 Å². The summed E-state index contributed by atoms with van der Waals surface area (Å²) in [7, 11) is 0. The number of hydrogen-bond acceptors (Lipinski definition) is 3. The van der Waals surface area contributed by atoms with Crippen molar-refractivity contribution in [1.82, 2.24) is 4.98 Å². The highest BCUT2D eigenvalue weighted by molar-refractivity contribution is 5.66. The number of anilines is 2. The molecule has 16 heavy (non-hydrogen) atoms. The van der Waals surface area contributed by atoms with Crippen LogP contribution in [0.3, 0.4) is 0 Å². The Morgan fingerprint density at radius 2 is 2.19 bits per heavy atom. The molecule has 0 atom stereocenters. The summed E-state index contributed by atoms with van der Waals surface area (Å²) in [5.41, 5.74) is 12.1. The zero-order chi connectivity index (χ0) is 11.5. The Morgan fingerprint density at radius 3 is 2.94 bits per heavy atom. The topological polar surface area (TPSA) is 42.2 Å². The van der Waals surface area contributed by atoms with Crippen molar-refractivity contribution in [3.63, 3.8) is 0 Å². The molecule has 1 aliphatic rings. The molecular weight excluding hydrogens is 198 g/mol. The summed E-state index contributed by atoms with van der Waals surface area (Å²) in [6, 6.07) is 3.97. The van der Waals surface area contributed by atoms with Crippen LogP contribution in [0.5, 0.6) is 0 Å². The van der Waals surface area contributed by atoms with Crippen LogP contribution in [0.4, 0.5) is 11.5 Å². The standard InChI is InChI=1S/C13H15N3/c1-10-5-3-4-8-16(9-10)12-7-6-11(2)15-13(12)14/h4-7,9H,8H2,1-2H3,(H2,14,15). The summed E-state index contributed by atoms with van der Waals surface area (Å²) in [5, 5.41) is 0. The Hall–Kier alpha value is -1.99. The van der Waals surface area contributed by atoms with Gasteiger partial charge in [-0.1, -0.05) is 0 Å². The number of rotatable bonds is 1. The fourth-order valence-electron chi connectivity index (χ4n) is 1.66. The molecule has 1 aromatic heterocycles. The van der Waals surface area contributed by atoms with Crippen LogP contribution in [0.1, 0.15) is 12.6 Å². The van der Waals surface area contributed by atoms with Gasteiger partial charge >= 0.3 is 0 Å². The van der Waals surface area contributed by atoms with E-state index in [2.05, 4.69) is 21.8 Å². The van der Waals surface area contributed by atoms with Gasteiger partial charge in [0.15, 0.2) is 0 Å². The normalized spacial score (nSPS) is 14.9. The van der Waals surface area contributed by atoms with Crippen LogP contribution >= 0.6 is 0 Å². The van der Waals surface area contributed by atoms with Crippen LogP contribution in [0.25, 0.3) is 0 Å². The minimum Gasteiger partial charge on any atom is -0.382 e. The molecule has 3 heteroatoms. The van der Waals surface area contributed by atoms with Gasteiger partial charge in [0.05, 0.1) is 5.69 Å². The van der Waals surface area contributed by atoms with Gasteiger partial charge in [0.2, 0.25) is 0 Å². The molecule has 82 valence electrons. The van der Waals surface area contributed by atoms with Crippen LogP contribution in [0, 0.1) is 6.92 Å². The molecule has 0 amide bonds. The lowest BCUT2D eigenvalue weighted by Gasteiger charge is -2.20. The summed E-state index contributed by atoms with van der Waals surface area (Å²) < 4.78 is 0. The molecule has 3 nitrogen and oxygen atoms in total. The van der Waals surface area contributed by atoms with E-state index in [0.717, 1.165) is 23.5 Å². The number of aryl methyl sites for hydroxylation is 1. The van der Waals surface area contributed by atoms with E-state index in [1.807, 2.05) is 38.1 Å². The zero-order valence-electron chi connectivity index (χ0n) is 9.57. The second-order valence-electron chi connectivity index (χ2n) is 3.90. The van der Waals surface area contributed by atoms with E-state index >= 15 is 0 Å². The van der Waals surface area contributed by atoms with Gasteiger partial charge in [-0.25, -0.2) is 4.98 Å². The van der Waals surface area contributed by atoms with Crippen molar-refractivity contribution in [2.24, 2.45) is 0 Å². The highest BCUT2D eigenvalue weighted by Gasteiger charge is 2.08. The SMILES string of the molecule is CC1=CN(c2ccc(C)nc2N)CC=C=C1. The molecule has 2 rings (SSSR count). The van der Waals surface area contributed by atoms with Crippen molar-refractivity contribution in [2.45, 2.75) is 13.8 Å². The third-order valence-electron chi connectivity index (χ3n) is 2.43. The van der Waals surface area contributed by atoms with Crippen molar-refractivity contribution in [3.05, 3.63) is 47.5 Å². The fourth-order valence-corrected chi connectivity index (χ4v) is 1.66. The van der Waals surface area contributed by atoms with E-state index in [-0.39, 0.29) is 0 Å². The second-order valence-corrected chi connectivity index (χ2v) is 3.90. The fraction of sp³-hybridized carbons (Fsp3) is 0.231. The van der Waals surface area contributed by atoms with Crippen LogP contribution in [0.15, 0.2) is 41.8 Å². The number of pyridine rings is 1. The van der Waals surface area contributed by atoms with Gasteiger partial charge in [-0.05, 0) is 43.7 Å². The molecule has 0 fully saturated rings. The van der Waals surface area contributed by atoms with E-state index in [9.17, 15) is 0 Å². The molecule has 2 heterocycles. The molecule has 0 saturated carbocycles. The van der Waals surface area contributed by atoms with Crippen LogP contribution in [-0.4, -0.2) is 11.5 Å². The Labute approximate surface area is 95.6 Å². The third kappa shape index (κ3) is 2.15. The number of nitrogen functional groups attached to an aromatic ring is 1. The Bertz CT molecular complexity index is 494. The molecule has 1 aliphatic heterocycles. The first-order valence-electron chi connectivity index (χ1n) is 5.26. The quantitative estimate of drug-likeness (QED) is 0.728. The van der Waals surface area contributed by atoms with Crippen LogP contribution in [0.2, 0.25) is 0 Å². The minimum atomic E-state index is 0.569.